The van der Waals surface area contributed by atoms with Crippen molar-refractivity contribution < 1.29 is 9.47 Å². The highest BCUT2D eigenvalue weighted by atomic mass is 16.6. The molecule has 0 aromatic rings. The summed E-state index contributed by atoms with van der Waals surface area (Å²) in [6.07, 6.45) is 7.63. The van der Waals surface area contributed by atoms with Crippen LogP contribution in [-0.4, -0.2) is 24.4 Å². The van der Waals surface area contributed by atoms with Gasteiger partial charge in [0, 0.05) is 0 Å². The molecule has 0 amide bonds. The van der Waals surface area contributed by atoms with Gasteiger partial charge in [-0.3, -0.25) is 0 Å². The molecule has 2 heterocycles. The van der Waals surface area contributed by atoms with Crippen molar-refractivity contribution in [1.29, 1.82) is 0 Å². The molecule has 6 saturated carbocycles. The van der Waals surface area contributed by atoms with Crippen molar-refractivity contribution in [2.24, 2.45) is 59.2 Å². The molecule has 8 fully saturated rings. The van der Waals surface area contributed by atoms with Crippen molar-refractivity contribution in [3.63, 3.8) is 0 Å². The third kappa shape index (κ3) is 0.711. The molecule has 6 aliphatic carbocycles. The average molecular weight is 256 g/mol. The fourth-order valence-electron chi connectivity index (χ4n) is 9.33. The highest BCUT2D eigenvalue weighted by molar-refractivity contribution is 5.27. The van der Waals surface area contributed by atoms with Crippen LogP contribution in [0.25, 0.3) is 0 Å². The highest BCUT2D eigenvalue weighted by Crippen LogP contribution is 2.80. The molecule has 0 spiro atoms. The van der Waals surface area contributed by atoms with E-state index in [2.05, 4.69) is 0 Å². The Bertz CT molecular complexity index is 445. The summed E-state index contributed by atoms with van der Waals surface area (Å²) in [5, 5.41) is 0. The molecule has 0 N–H and O–H groups in total. The van der Waals surface area contributed by atoms with E-state index in [0.29, 0.717) is 0 Å². The van der Waals surface area contributed by atoms with Crippen molar-refractivity contribution in [2.45, 2.75) is 43.7 Å². The predicted molar refractivity (Wildman–Crippen MR) is 66.1 cm³/mol. The largest absolute Gasteiger partial charge is 0.369 e. The van der Waals surface area contributed by atoms with E-state index in [-0.39, 0.29) is 0 Å². The van der Waals surface area contributed by atoms with Crippen molar-refractivity contribution in [1.82, 2.24) is 0 Å². The molecular formula is C17H20O2. The van der Waals surface area contributed by atoms with E-state index in [1.807, 2.05) is 0 Å². The van der Waals surface area contributed by atoms with Crippen LogP contribution in [0.4, 0.5) is 0 Å². The van der Waals surface area contributed by atoms with Crippen molar-refractivity contribution in [3.8, 4) is 0 Å². The van der Waals surface area contributed by atoms with Gasteiger partial charge in [0.2, 0.25) is 0 Å². The zero-order valence-electron chi connectivity index (χ0n) is 11.0. The van der Waals surface area contributed by atoms with Gasteiger partial charge < -0.3 is 9.47 Å². The molecule has 2 aliphatic heterocycles. The Morgan fingerprint density at radius 2 is 0.737 bits per heavy atom. The van der Waals surface area contributed by atoms with Crippen LogP contribution >= 0.6 is 0 Å². The molecule has 0 radical (unpaired) electrons. The first-order valence-corrected chi connectivity index (χ1v) is 8.73. The number of fused-ring (bicyclic) bond motifs is 22. The maximum Gasteiger partial charge on any atom is 0.0875 e. The second-order valence-corrected chi connectivity index (χ2v) is 9.13. The predicted octanol–water partition coefficient (Wildman–Crippen LogP) is 1.94. The van der Waals surface area contributed by atoms with E-state index in [9.17, 15) is 0 Å². The summed E-state index contributed by atoms with van der Waals surface area (Å²) in [5.41, 5.74) is 0. The molecule has 6 bridgehead atoms. The van der Waals surface area contributed by atoms with E-state index < -0.39 is 0 Å². The van der Waals surface area contributed by atoms with Gasteiger partial charge >= 0.3 is 0 Å². The first-order valence-electron chi connectivity index (χ1n) is 8.73. The monoisotopic (exact) mass is 256 g/mol. The van der Waals surface area contributed by atoms with Gasteiger partial charge in [0.15, 0.2) is 0 Å². The Hall–Kier alpha value is -0.0800. The van der Waals surface area contributed by atoms with Crippen LogP contribution in [0.2, 0.25) is 0 Å². The smallest absolute Gasteiger partial charge is 0.0875 e. The van der Waals surface area contributed by atoms with E-state index in [1.54, 1.807) is 19.3 Å². The quantitative estimate of drug-likeness (QED) is 0.489. The first kappa shape index (κ1) is 9.04. The lowest BCUT2D eigenvalue weighted by molar-refractivity contribution is 0.0426. The van der Waals surface area contributed by atoms with Gasteiger partial charge in [-0.15, -0.1) is 0 Å². The van der Waals surface area contributed by atoms with E-state index in [0.717, 1.165) is 83.6 Å². The van der Waals surface area contributed by atoms with Crippen LogP contribution in [0.5, 0.6) is 0 Å². The van der Waals surface area contributed by atoms with E-state index >= 15 is 0 Å². The lowest BCUT2D eigenvalue weighted by Crippen LogP contribution is -2.44. The van der Waals surface area contributed by atoms with Crippen LogP contribution in [0.1, 0.15) is 19.3 Å². The Balaban J connectivity index is 1.30. The molecule has 2 heteroatoms. The molecule has 0 aromatic carbocycles. The number of hydrogen-bond donors (Lipinski definition) is 0. The summed E-state index contributed by atoms with van der Waals surface area (Å²) >= 11 is 0. The fourth-order valence-corrected chi connectivity index (χ4v) is 9.33. The molecule has 12 atom stereocenters. The molecular weight excluding hydrogens is 236 g/mol. The molecule has 8 rings (SSSR count). The van der Waals surface area contributed by atoms with Gasteiger partial charge in [-0.2, -0.15) is 0 Å². The molecule has 0 aromatic heterocycles. The normalized spacial score (nSPS) is 85.9. The summed E-state index contributed by atoms with van der Waals surface area (Å²) < 4.78 is 12.0. The standard InChI is InChI=1S/C17H20O2/c1-4-10-6-2-7(15-14(6)18-15)11(10)5(1)13-9-3-8(12(4)13)16-17(9)19-16/h4-17H,1-3H2. The highest BCUT2D eigenvalue weighted by Gasteiger charge is 2.80. The Kier molecular flexibility index (Phi) is 1.11. The molecule has 8 aliphatic rings. The van der Waals surface area contributed by atoms with Crippen LogP contribution in [0.3, 0.4) is 0 Å². The minimum Gasteiger partial charge on any atom is -0.369 e. The van der Waals surface area contributed by atoms with Crippen molar-refractivity contribution in [3.05, 3.63) is 0 Å². The third-order valence-electron chi connectivity index (χ3n) is 9.29. The third-order valence-corrected chi connectivity index (χ3v) is 9.29. The number of epoxide rings is 2. The Morgan fingerprint density at radius 3 is 1.11 bits per heavy atom. The SMILES string of the molecule is C1C2C3OC3C1C1C3CC(C21)C1C2CC(C4OC24)C31. The summed E-state index contributed by atoms with van der Waals surface area (Å²) in [6.45, 7) is 0. The zero-order valence-corrected chi connectivity index (χ0v) is 11.0. The summed E-state index contributed by atoms with van der Waals surface area (Å²) in [7, 11) is 0. The zero-order chi connectivity index (χ0) is 11.6. The van der Waals surface area contributed by atoms with Gasteiger partial charge in [0.25, 0.3) is 0 Å². The topological polar surface area (TPSA) is 25.1 Å². The number of ether oxygens (including phenoxy) is 2. The maximum absolute atomic E-state index is 6.00. The van der Waals surface area contributed by atoms with Gasteiger partial charge in [-0.1, -0.05) is 0 Å². The van der Waals surface area contributed by atoms with Gasteiger partial charge in [-0.05, 0) is 78.4 Å². The van der Waals surface area contributed by atoms with E-state index in [1.165, 1.54) is 0 Å². The van der Waals surface area contributed by atoms with Crippen LogP contribution in [-0.2, 0) is 9.47 Å². The van der Waals surface area contributed by atoms with Crippen LogP contribution in [0, 0.1) is 59.2 Å². The first-order chi connectivity index (χ1) is 9.42. The van der Waals surface area contributed by atoms with Gasteiger partial charge in [-0.25, -0.2) is 0 Å². The van der Waals surface area contributed by atoms with Crippen molar-refractivity contribution >= 4 is 0 Å². The van der Waals surface area contributed by atoms with E-state index in [4.69, 9.17) is 9.47 Å². The molecule has 19 heavy (non-hydrogen) atoms. The fraction of sp³-hybridized carbons (Fsp3) is 1.00. The Morgan fingerprint density at radius 1 is 0.421 bits per heavy atom. The second-order valence-electron chi connectivity index (χ2n) is 9.13. The number of rotatable bonds is 0. The minimum absolute atomic E-state index is 0.729. The van der Waals surface area contributed by atoms with Gasteiger partial charge in [0.05, 0.1) is 24.4 Å². The molecule has 2 saturated heterocycles. The maximum atomic E-state index is 6.00. The lowest BCUT2D eigenvalue weighted by atomic mass is 9.60. The summed E-state index contributed by atoms with van der Waals surface area (Å²) in [6, 6.07) is 0. The van der Waals surface area contributed by atoms with Gasteiger partial charge in [0.1, 0.15) is 0 Å². The average Bonchev–Trinajstić information content (AvgIpc) is 3.07. The Labute approximate surface area is 113 Å². The van der Waals surface area contributed by atoms with Crippen LogP contribution in [0.15, 0.2) is 0 Å². The molecule has 12 unspecified atom stereocenters. The lowest BCUT2D eigenvalue weighted by Gasteiger charge is -2.43. The molecule has 2 nitrogen and oxygen atoms in total. The second kappa shape index (κ2) is 2.33. The number of hydrogen-bond acceptors (Lipinski definition) is 2. The summed E-state index contributed by atoms with van der Waals surface area (Å²) in [5.74, 6) is 10.5. The molecule has 100 valence electrons. The minimum atomic E-state index is 0.729. The van der Waals surface area contributed by atoms with Crippen LogP contribution < -0.4 is 0 Å². The van der Waals surface area contributed by atoms with Crippen molar-refractivity contribution in [2.75, 3.05) is 0 Å². The summed E-state index contributed by atoms with van der Waals surface area (Å²) in [4.78, 5) is 0.